The highest BCUT2D eigenvalue weighted by Crippen LogP contribution is 2.37. The van der Waals surface area contributed by atoms with Gasteiger partial charge in [-0.05, 0) is 36.2 Å². The molecule has 6 nitrogen and oxygen atoms in total. The highest BCUT2D eigenvalue weighted by atomic mass is 127. The lowest BCUT2D eigenvalue weighted by Crippen LogP contribution is -2.44. The van der Waals surface area contributed by atoms with Crippen molar-refractivity contribution in [1.29, 1.82) is 0 Å². The highest BCUT2D eigenvalue weighted by Gasteiger charge is 2.23. The lowest BCUT2D eigenvalue weighted by atomic mass is 10.2. The summed E-state index contributed by atoms with van der Waals surface area (Å²) >= 11 is 6.40. The molecule has 1 saturated heterocycles. The fourth-order valence-electron chi connectivity index (χ4n) is 3.71. The number of hydrogen-bond donors (Lipinski definition) is 2. The second-order valence-electron chi connectivity index (χ2n) is 7.29. The normalized spacial score (nSPS) is 18.4. The van der Waals surface area contributed by atoms with Gasteiger partial charge in [0.15, 0.2) is 17.5 Å². The first-order valence-electron chi connectivity index (χ1n) is 10.1. The van der Waals surface area contributed by atoms with Gasteiger partial charge in [-0.1, -0.05) is 29.8 Å². The van der Waals surface area contributed by atoms with Crippen molar-refractivity contribution < 1.29 is 9.47 Å². The predicted octanol–water partition coefficient (Wildman–Crippen LogP) is 4.06. The van der Waals surface area contributed by atoms with Crippen molar-refractivity contribution in [3.05, 3.63) is 53.1 Å². The van der Waals surface area contributed by atoms with E-state index in [1.54, 1.807) is 7.05 Å². The Balaban J connectivity index is 0.00000256. The highest BCUT2D eigenvalue weighted by molar-refractivity contribution is 14.0. The number of benzene rings is 2. The van der Waals surface area contributed by atoms with Crippen molar-refractivity contribution in [2.45, 2.75) is 25.4 Å². The molecule has 0 saturated carbocycles. The van der Waals surface area contributed by atoms with Gasteiger partial charge < -0.3 is 25.0 Å². The SMILES string of the molecule is CN=C(NCc1cc(Cl)c2c(c1)OCCCO2)NC1CCN(c2ccccc2)C1.I. The van der Waals surface area contributed by atoms with Crippen molar-refractivity contribution >= 4 is 47.2 Å². The number of rotatable bonds is 4. The van der Waals surface area contributed by atoms with Crippen molar-refractivity contribution in [2.24, 2.45) is 4.99 Å². The van der Waals surface area contributed by atoms with Crippen LogP contribution in [0.2, 0.25) is 5.02 Å². The van der Waals surface area contributed by atoms with Crippen molar-refractivity contribution in [3.63, 3.8) is 0 Å². The molecule has 0 amide bonds. The summed E-state index contributed by atoms with van der Waals surface area (Å²) in [6.45, 7) is 3.87. The van der Waals surface area contributed by atoms with E-state index in [0.29, 0.717) is 42.3 Å². The van der Waals surface area contributed by atoms with E-state index in [2.05, 4.69) is 44.8 Å². The van der Waals surface area contributed by atoms with Crippen molar-refractivity contribution in [2.75, 3.05) is 38.3 Å². The van der Waals surface area contributed by atoms with Crippen LogP contribution in [0.15, 0.2) is 47.5 Å². The van der Waals surface area contributed by atoms with Crippen LogP contribution >= 0.6 is 35.6 Å². The number of guanidine groups is 1. The van der Waals surface area contributed by atoms with Crippen LogP contribution in [0.25, 0.3) is 0 Å². The third kappa shape index (κ3) is 5.63. The van der Waals surface area contributed by atoms with Crippen LogP contribution < -0.4 is 25.0 Å². The molecule has 2 heterocycles. The Morgan fingerprint density at radius 2 is 2.00 bits per heavy atom. The van der Waals surface area contributed by atoms with E-state index in [1.165, 1.54) is 5.69 Å². The molecule has 0 bridgehead atoms. The van der Waals surface area contributed by atoms with E-state index >= 15 is 0 Å². The maximum absolute atomic E-state index is 6.40. The lowest BCUT2D eigenvalue weighted by Gasteiger charge is -2.20. The number of halogens is 2. The van der Waals surface area contributed by atoms with Crippen LogP contribution in [0.4, 0.5) is 5.69 Å². The molecule has 30 heavy (non-hydrogen) atoms. The molecule has 1 atom stereocenters. The summed E-state index contributed by atoms with van der Waals surface area (Å²) in [6, 6.07) is 14.8. The molecular weight excluding hydrogens is 515 g/mol. The zero-order valence-corrected chi connectivity index (χ0v) is 20.2. The van der Waals surface area contributed by atoms with E-state index < -0.39 is 0 Å². The van der Waals surface area contributed by atoms with E-state index in [0.717, 1.165) is 37.5 Å². The Bertz CT molecular complexity index is 866. The molecule has 4 rings (SSSR count). The lowest BCUT2D eigenvalue weighted by molar-refractivity contribution is 0.297. The summed E-state index contributed by atoms with van der Waals surface area (Å²) in [5.74, 6) is 2.14. The number of para-hydroxylation sites is 1. The van der Waals surface area contributed by atoms with Crippen LogP contribution in [0.3, 0.4) is 0 Å². The molecule has 2 aromatic rings. The van der Waals surface area contributed by atoms with Gasteiger partial charge in [0.2, 0.25) is 0 Å². The molecule has 0 radical (unpaired) electrons. The van der Waals surface area contributed by atoms with Crippen LogP contribution in [0.1, 0.15) is 18.4 Å². The van der Waals surface area contributed by atoms with Crippen molar-refractivity contribution in [3.8, 4) is 11.5 Å². The van der Waals surface area contributed by atoms with Gasteiger partial charge in [-0.3, -0.25) is 4.99 Å². The molecular formula is C22H28ClIN4O2. The average Bonchev–Trinajstić information content (AvgIpc) is 3.08. The summed E-state index contributed by atoms with van der Waals surface area (Å²) in [5, 5.41) is 7.49. The summed E-state index contributed by atoms with van der Waals surface area (Å²) in [4.78, 5) is 6.77. The standard InChI is InChI=1S/C22H27ClN4O2.HI/c1-24-22(26-17-8-9-27(15-17)18-6-3-2-4-7-18)25-14-16-12-19(23)21-20(13-16)28-10-5-11-29-21;/h2-4,6-7,12-13,17H,5,8-11,14-15H2,1H3,(H2,24,25,26);1H. The molecule has 2 aromatic carbocycles. The van der Waals surface area contributed by atoms with Gasteiger partial charge in [0.1, 0.15) is 0 Å². The first-order valence-corrected chi connectivity index (χ1v) is 10.5. The van der Waals surface area contributed by atoms with E-state index in [9.17, 15) is 0 Å². The van der Waals surface area contributed by atoms with Crippen LogP contribution in [-0.2, 0) is 6.54 Å². The van der Waals surface area contributed by atoms with Gasteiger partial charge in [0.25, 0.3) is 0 Å². The predicted molar refractivity (Wildman–Crippen MR) is 133 cm³/mol. The Hall–Kier alpha value is -1.87. The minimum Gasteiger partial charge on any atom is -0.489 e. The monoisotopic (exact) mass is 542 g/mol. The first-order chi connectivity index (χ1) is 14.2. The largest absolute Gasteiger partial charge is 0.489 e. The molecule has 2 N–H and O–H groups in total. The van der Waals surface area contributed by atoms with E-state index in [1.807, 2.05) is 18.2 Å². The smallest absolute Gasteiger partial charge is 0.191 e. The average molecular weight is 543 g/mol. The minimum atomic E-state index is 0. The van der Waals surface area contributed by atoms with Crippen LogP contribution in [0, 0.1) is 0 Å². The zero-order valence-electron chi connectivity index (χ0n) is 17.1. The number of nitrogens with one attached hydrogen (secondary N) is 2. The Kier molecular flexibility index (Phi) is 8.32. The van der Waals surface area contributed by atoms with Crippen LogP contribution in [0.5, 0.6) is 11.5 Å². The summed E-state index contributed by atoms with van der Waals surface area (Å²) in [7, 11) is 1.79. The van der Waals surface area contributed by atoms with E-state index in [4.69, 9.17) is 21.1 Å². The number of fused-ring (bicyclic) bond motifs is 1. The van der Waals surface area contributed by atoms with Gasteiger partial charge in [-0.2, -0.15) is 0 Å². The fourth-order valence-corrected chi connectivity index (χ4v) is 4.00. The zero-order chi connectivity index (χ0) is 20.1. The summed E-state index contributed by atoms with van der Waals surface area (Å²) in [6.07, 6.45) is 1.93. The number of aliphatic imine (C=N–C) groups is 1. The molecule has 1 unspecified atom stereocenters. The third-order valence-corrected chi connectivity index (χ3v) is 5.48. The van der Waals surface area contributed by atoms with Crippen molar-refractivity contribution in [1.82, 2.24) is 10.6 Å². The molecule has 2 aliphatic heterocycles. The maximum Gasteiger partial charge on any atom is 0.191 e. The second kappa shape index (κ2) is 10.9. The molecule has 8 heteroatoms. The maximum atomic E-state index is 6.40. The number of hydrogen-bond acceptors (Lipinski definition) is 4. The number of anilines is 1. The third-order valence-electron chi connectivity index (χ3n) is 5.20. The Morgan fingerprint density at radius 3 is 2.80 bits per heavy atom. The summed E-state index contributed by atoms with van der Waals surface area (Å²) < 4.78 is 11.5. The van der Waals surface area contributed by atoms with Gasteiger partial charge in [-0.25, -0.2) is 0 Å². The summed E-state index contributed by atoms with van der Waals surface area (Å²) in [5.41, 5.74) is 2.29. The van der Waals surface area contributed by atoms with E-state index in [-0.39, 0.29) is 24.0 Å². The Labute approximate surface area is 200 Å². The molecule has 0 aliphatic carbocycles. The molecule has 162 valence electrons. The first kappa shape index (κ1) is 22.8. The number of ether oxygens (including phenoxy) is 2. The topological polar surface area (TPSA) is 58.1 Å². The van der Waals surface area contributed by atoms with Gasteiger partial charge >= 0.3 is 0 Å². The van der Waals surface area contributed by atoms with Gasteiger partial charge in [-0.15, -0.1) is 24.0 Å². The van der Waals surface area contributed by atoms with Gasteiger partial charge in [0.05, 0.1) is 18.2 Å². The fraction of sp³-hybridized carbons (Fsp3) is 0.409. The molecule has 2 aliphatic rings. The second-order valence-corrected chi connectivity index (χ2v) is 7.70. The van der Waals surface area contributed by atoms with Gasteiger partial charge in [0, 0.05) is 44.8 Å². The quantitative estimate of drug-likeness (QED) is 0.347. The molecule has 0 aromatic heterocycles. The minimum absolute atomic E-state index is 0. The Morgan fingerprint density at radius 1 is 1.20 bits per heavy atom. The molecule has 0 spiro atoms. The molecule has 1 fully saturated rings. The van der Waals surface area contributed by atoms with Crippen LogP contribution in [-0.4, -0.2) is 45.4 Å². The number of nitrogens with zero attached hydrogens (tertiary/aromatic N) is 2.